The molecule has 3 heterocycles. The van der Waals surface area contributed by atoms with Crippen molar-refractivity contribution >= 4 is 22.6 Å². The van der Waals surface area contributed by atoms with Crippen LogP contribution in [0.25, 0.3) is 16.7 Å². The minimum Gasteiger partial charge on any atom is -0.454 e. The number of nitrogens with zero attached hydrogens (tertiary/aromatic N) is 3. The molecule has 0 aliphatic carbocycles. The Labute approximate surface area is 202 Å². The van der Waals surface area contributed by atoms with E-state index in [9.17, 15) is 22.8 Å². The van der Waals surface area contributed by atoms with E-state index in [0.717, 1.165) is 16.6 Å². The first-order valence-corrected chi connectivity index (χ1v) is 11.1. The summed E-state index contributed by atoms with van der Waals surface area (Å²) in [6.45, 7) is 2.96. The van der Waals surface area contributed by atoms with E-state index in [1.54, 1.807) is 30.3 Å². The van der Waals surface area contributed by atoms with Gasteiger partial charge in [-0.2, -0.15) is 18.3 Å². The molecule has 1 aliphatic rings. The second kappa shape index (κ2) is 8.74. The maximum absolute atomic E-state index is 13.9. The number of hydrogen-bond donors (Lipinski definition) is 1. The van der Waals surface area contributed by atoms with Gasteiger partial charge in [0.2, 0.25) is 12.7 Å². The van der Waals surface area contributed by atoms with Crippen molar-refractivity contribution in [2.24, 2.45) is 0 Å². The van der Waals surface area contributed by atoms with Gasteiger partial charge in [-0.15, -0.1) is 0 Å². The van der Waals surface area contributed by atoms with E-state index in [0.29, 0.717) is 28.9 Å². The number of hydrogen-bond acceptors (Lipinski definition) is 5. The van der Waals surface area contributed by atoms with Crippen LogP contribution in [-0.4, -0.2) is 27.0 Å². The molecule has 0 bridgehead atoms. The standard InChI is InChI=1S/C25H21F3N4O4/c1-3-15-4-7-17(8-5-15)32-24-23(14(2)30-32)18(25(26,27)28)11-22(34)31(24)12-21(33)29-16-6-9-19-20(10-16)36-13-35-19/h4-11H,3,12-13H2,1-2H3,(H,29,33). The molecular weight excluding hydrogens is 477 g/mol. The number of amides is 1. The lowest BCUT2D eigenvalue weighted by Gasteiger charge is -2.15. The number of aryl methyl sites for hydroxylation is 2. The van der Waals surface area contributed by atoms with Gasteiger partial charge in [0.15, 0.2) is 11.5 Å². The number of carbonyl (C=O) groups excluding carboxylic acids is 1. The van der Waals surface area contributed by atoms with E-state index in [1.807, 2.05) is 19.1 Å². The highest BCUT2D eigenvalue weighted by Gasteiger charge is 2.36. The van der Waals surface area contributed by atoms with Crippen molar-refractivity contribution in [1.29, 1.82) is 0 Å². The largest absolute Gasteiger partial charge is 0.454 e. The molecule has 0 unspecified atom stereocenters. The summed E-state index contributed by atoms with van der Waals surface area (Å²) in [5.41, 5.74) is -0.206. The van der Waals surface area contributed by atoms with E-state index in [1.165, 1.54) is 11.6 Å². The molecule has 1 N–H and O–H groups in total. The third-order valence-electron chi connectivity index (χ3n) is 5.95. The Morgan fingerprint density at radius 3 is 2.50 bits per heavy atom. The molecule has 1 amide bonds. The second-order valence-electron chi connectivity index (χ2n) is 8.31. The lowest BCUT2D eigenvalue weighted by atomic mass is 10.1. The van der Waals surface area contributed by atoms with Gasteiger partial charge in [0.1, 0.15) is 12.2 Å². The van der Waals surface area contributed by atoms with Gasteiger partial charge in [-0.3, -0.25) is 14.2 Å². The number of aromatic nitrogens is 3. The number of halogens is 3. The Hall–Kier alpha value is -4.28. The molecule has 2 aromatic carbocycles. The summed E-state index contributed by atoms with van der Waals surface area (Å²) in [4.78, 5) is 25.8. The highest BCUT2D eigenvalue weighted by atomic mass is 19.4. The molecule has 0 radical (unpaired) electrons. The Bertz CT molecular complexity index is 1540. The van der Waals surface area contributed by atoms with E-state index in [4.69, 9.17) is 9.47 Å². The normalized spacial score (nSPS) is 12.8. The number of fused-ring (bicyclic) bond motifs is 2. The van der Waals surface area contributed by atoms with Crippen LogP contribution in [0.3, 0.4) is 0 Å². The molecule has 0 atom stereocenters. The SMILES string of the molecule is CCc1ccc(-n2nc(C)c3c(C(F)(F)F)cc(=O)n(CC(=O)Nc4ccc5c(c4)OCO5)c32)cc1. The molecule has 0 fully saturated rings. The summed E-state index contributed by atoms with van der Waals surface area (Å²) in [6.07, 6.45) is -4.00. The first kappa shape index (κ1) is 23.5. The summed E-state index contributed by atoms with van der Waals surface area (Å²) in [6, 6.07) is 12.4. The summed E-state index contributed by atoms with van der Waals surface area (Å²) >= 11 is 0. The molecule has 0 saturated carbocycles. The lowest BCUT2D eigenvalue weighted by Crippen LogP contribution is -2.30. The van der Waals surface area contributed by atoms with Crippen LogP contribution in [-0.2, 0) is 23.9 Å². The van der Waals surface area contributed by atoms with Crippen molar-refractivity contribution in [2.45, 2.75) is 33.0 Å². The number of alkyl halides is 3. The van der Waals surface area contributed by atoms with Crippen LogP contribution in [0.2, 0.25) is 0 Å². The van der Waals surface area contributed by atoms with Crippen LogP contribution in [0.1, 0.15) is 23.7 Å². The number of pyridine rings is 1. The van der Waals surface area contributed by atoms with Crippen LogP contribution >= 0.6 is 0 Å². The summed E-state index contributed by atoms with van der Waals surface area (Å²) < 4.78 is 54.5. The number of benzene rings is 2. The predicted molar refractivity (Wildman–Crippen MR) is 126 cm³/mol. The van der Waals surface area contributed by atoms with Gasteiger partial charge in [-0.05, 0) is 43.2 Å². The third-order valence-corrected chi connectivity index (χ3v) is 5.95. The van der Waals surface area contributed by atoms with Crippen molar-refractivity contribution in [3.63, 3.8) is 0 Å². The van der Waals surface area contributed by atoms with Crippen LogP contribution < -0.4 is 20.3 Å². The van der Waals surface area contributed by atoms with Crippen LogP contribution in [0, 0.1) is 6.92 Å². The number of anilines is 1. The average Bonchev–Trinajstić information content (AvgIpc) is 3.44. The molecule has 0 saturated heterocycles. The molecule has 11 heteroatoms. The minimum atomic E-state index is -4.78. The summed E-state index contributed by atoms with van der Waals surface area (Å²) in [7, 11) is 0. The third kappa shape index (κ3) is 4.16. The fourth-order valence-electron chi connectivity index (χ4n) is 4.21. The first-order valence-electron chi connectivity index (χ1n) is 11.1. The van der Waals surface area contributed by atoms with Crippen molar-refractivity contribution in [3.05, 3.63) is 75.7 Å². The quantitative estimate of drug-likeness (QED) is 0.440. The van der Waals surface area contributed by atoms with Gasteiger partial charge in [0.05, 0.1) is 22.3 Å². The highest BCUT2D eigenvalue weighted by Crippen LogP contribution is 2.36. The van der Waals surface area contributed by atoms with E-state index < -0.39 is 29.8 Å². The fourth-order valence-corrected chi connectivity index (χ4v) is 4.21. The molecule has 8 nitrogen and oxygen atoms in total. The van der Waals surface area contributed by atoms with Gasteiger partial charge in [-0.1, -0.05) is 19.1 Å². The van der Waals surface area contributed by atoms with Crippen LogP contribution in [0.15, 0.2) is 53.3 Å². The molecule has 1 aliphatic heterocycles. The van der Waals surface area contributed by atoms with Gasteiger partial charge >= 0.3 is 6.18 Å². The number of carbonyl (C=O) groups is 1. The fraction of sp³-hybridized carbons (Fsp3) is 0.240. The van der Waals surface area contributed by atoms with Crippen molar-refractivity contribution in [2.75, 3.05) is 12.1 Å². The second-order valence-corrected chi connectivity index (χ2v) is 8.31. The number of rotatable bonds is 5. The molecular formula is C25H21F3N4O4. The Morgan fingerprint density at radius 2 is 1.81 bits per heavy atom. The summed E-state index contributed by atoms with van der Waals surface area (Å²) in [5.74, 6) is 0.372. The number of ether oxygens (including phenoxy) is 2. The zero-order chi connectivity index (χ0) is 25.6. The zero-order valence-electron chi connectivity index (χ0n) is 19.3. The van der Waals surface area contributed by atoms with Gasteiger partial charge in [0, 0.05) is 17.8 Å². The first-order chi connectivity index (χ1) is 17.2. The minimum absolute atomic E-state index is 0.0637. The van der Waals surface area contributed by atoms with Crippen molar-refractivity contribution in [3.8, 4) is 17.2 Å². The van der Waals surface area contributed by atoms with E-state index in [-0.39, 0.29) is 23.5 Å². The van der Waals surface area contributed by atoms with Crippen LogP contribution in [0.4, 0.5) is 18.9 Å². The lowest BCUT2D eigenvalue weighted by molar-refractivity contribution is -0.136. The van der Waals surface area contributed by atoms with E-state index in [2.05, 4.69) is 10.4 Å². The Morgan fingerprint density at radius 1 is 1.08 bits per heavy atom. The van der Waals surface area contributed by atoms with Crippen molar-refractivity contribution in [1.82, 2.24) is 14.3 Å². The predicted octanol–water partition coefficient (Wildman–Crippen LogP) is 4.44. The molecule has 4 aromatic rings. The van der Waals surface area contributed by atoms with Gasteiger partial charge in [-0.25, -0.2) is 4.68 Å². The molecule has 5 rings (SSSR count). The topological polar surface area (TPSA) is 87.4 Å². The molecule has 186 valence electrons. The number of nitrogens with one attached hydrogen (secondary N) is 1. The smallest absolute Gasteiger partial charge is 0.417 e. The zero-order valence-corrected chi connectivity index (χ0v) is 19.3. The van der Waals surface area contributed by atoms with Crippen molar-refractivity contribution < 1.29 is 27.4 Å². The summed E-state index contributed by atoms with van der Waals surface area (Å²) in [5, 5.41) is 6.73. The van der Waals surface area contributed by atoms with Gasteiger partial charge in [0.25, 0.3) is 5.56 Å². The van der Waals surface area contributed by atoms with Crippen LogP contribution in [0.5, 0.6) is 11.5 Å². The Balaban J connectivity index is 1.61. The average molecular weight is 498 g/mol. The maximum Gasteiger partial charge on any atom is 0.417 e. The molecule has 2 aromatic heterocycles. The molecule has 36 heavy (non-hydrogen) atoms. The monoisotopic (exact) mass is 498 g/mol. The Kier molecular flexibility index (Phi) is 5.70. The highest BCUT2D eigenvalue weighted by molar-refractivity contribution is 5.92. The van der Waals surface area contributed by atoms with E-state index >= 15 is 0 Å². The maximum atomic E-state index is 13.9. The van der Waals surface area contributed by atoms with Gasteiger partial charge < -0.3 is 14.8 Å². The molecule has 0 spiro atoms.